The number of esters is 1. The van der Waals surface area contributed by atoms with Crippen LogP contribution in [0.3, 0.4) is 0 Å². The Bertz CT molecular complexity index is 807. The minimum Gasteiger partial charge on any atom is -0.443 e. The highest BCUT2D eigenvalue weighted by molar-refractivity contribution is 6.00. The molecule has 6 heteroatoms. The molecule has 0 aliphatic rings. The first kappa shape index (κ1) is 18.7. The predicted octanol–water partition coefficient (Wildman–Crippen LogP) is 3.63. The summed E-state index contributed by atoms with van der Waals surface area (Å²) in [5.74, 6) is -0.140. The summed E-state index contributed by atoms with van der Waals surface area (Å²) in [6.45, 7) is 6.36. The highest BCUT2D eigenvalue weighted by Gasteiger charge is 2.24. The van der Waals surface area contributed by atoms with Crippen LogP contribution in [0.25, 0.3) is 10.8 Å². The van der Waals surface area contributed by atoms with Gasteiger partial charge in [-0.2, -0.15) is 0 Å². The largest absolute Gasteiger partial charge is 0.443 e. The number of anilines is 1. The fourth-order valence-electron chi connectivity index (χ4n) is 2.52. The van der Waals surface area contributed by atoms with E-state index in [0.717, 1.165) is 0 Å². The molecule has 0 aliphatic heterocycles. The van der Waals surface area contributed by atoms with E-state index in [0.29, 0.717) is 27.8 Å². The van der Waals surface area contributed by atoms with E-state index < -0.39 is 17.7 Å². The first-order valence-corrected chi connectivity index (χ1v) is 7.94. The van der Waals surface area contributed by atoms with Crippen molar-refractivity contribution in [3.8, 4) is 5.75 Å². The fraction of sp³-hybridized carbons (Fsp3) is 0.368. The van der Waals surface area contributed by atoms with Crippen molar-refractivity contribution in [1.29, 1.82) is 0 Å². The third-order valence-corrected chi connectivity index (χ3v) is 3.54. The molecule has 0 aromatic heterocycles. The first-order chi connectivity index (χ1) is 11.6. The Morgan fingerprint density at radius 2 is 1.76 bits per heavy atom. The van der Waals surface area contributed by atoms with Crippen LogP contribution in [0, 0.1) is 0 Å². The highest BCUT2D eigenvalue weighted by Crippen LogP contribution is 2.36. The van der Waals surface area contributed by atoms with Gasteiger partial charge in [-0.05, 0) is 26.2 Å². The Morgan fingerprint density at radius 1 is 1.16 bits per heavy atom. The van der Waals surface area contributed by atoms with Gasteiger partial charge in [-0.3, -0.25) is 9.69 Å². The maximum absolute atomic E-state index is 12.4. The number of aliphatic hydroxyl groups excluding tert-OH is 1. The molecule has 134 valence electrons. The zero-order valence-corrected chi connectivity index (χ0v) is 15.1. The van der Waals surface area contributed by atoms with Crippen molar-refractivity contribution in [2.45, 2.75) is 39.9 Å². The molecule has 0 unspecified atom stereocenters. The van der Waals surface area contributed by atoms with Crippen LogP contribution in [0.5, 0.6) is 5.75 Å². The zero-order valence-electron chi connectivity index (χ0n) is 15.1. The van der Waals surface area contributed by atoms with Gasteiger partial charge in [0.05, 0.1) is 12.3 Å². The minimum absolute atomic E-state index is 0.274. The summed E-state index contributed by atoms with van der Waals surface area (Å²) in [7, 11) is 1.55. The van der Waals surface area contributed by atoms with Crippen molar-refractivity contribution in [3.05, 3.63) is 35.9 Å². The van der Waals surface area contributed by atoms with Crippen LogP contribution in [-0.2, 0) is 16.1 Å². The van der Waals surface area contributed by atoms with Gasteiger partial charge in [0.15, 0.2) is 0 Å². The molecular weight excluding hydrogens is 322 g/mol. The molecule has 25 heavy (non-hydrogen) atoms. The van der Waals surface area contributed by atoms with Crippen molar-refractivity contribution in [2.24, 2.45) is 0 Å². The van der Waals surface area contributed by atoms with E-state index in [2.05, 4.69) is 0 Å². The molecule has 1 amide bonds. The van der Waals surface area contributed by atoms with Gasteiger partial charge in [-0.25, -0.2) is 4.79 Å². The molecule has 6 nitrogen and oxygen atoms in total. The topological polar surface area (TPSA) is 76.1 Å². The summed E-state index contributed by atoms with van der Waals surface area (Å²) in [5, 5.41) is 11.3. The second-order valence-corrected chi connectivity index (χ2v) is 6.71. The van der Waals surface area contributed by atoms with Gasteiger partial charge in [0.2, 0.25) is 0 Å². The number of carbonyl (C=O) groups is 2. The zero-order chi connectivity index (χ0) is 18.8. The molecule has 2 aromatic carbocycles. The Morgan fingerprint density at radius 3 is 2.28 bits per heavy atom. The maximum Gasteiger partial charge on any atom is 0.414 e. The average Bonchev–Trinajstić information content (AvgIpc) is 2.51. The summed E-state index contributed by atoms with van der Waals surface area (Å²) in [6, 6.07) is 8.80. The quantitative estimate of drug-likeness (QED) is 0.679. The number of hydrogen-bond donors (Lipinski definition) is 1. The molecule has 0 bridgehead atoms. The van der Waals surface area contributed by atoms with Crippen molar-refractivity contribution >= 4 is 28.5 Å². The summed E-state index contributed by atoms with van der Waals surface area (Å²) < 4.78 is 10.7. The second kappa shape index (κ2) is 7.11. The SMILES string of the molecule is CC(=O)Oc1cc(N(C)C(=O)OC(C)(C)C)c(CO)c2ccccc12. The number of rotatable bonds is 3. The molecule has 0 atom stereocenters. The summed E-state index contributed by atoms with van der Waals surface area (Å²) >= 11 is 0. The lowest BCUT2D eigenvalue weighted by molar-refractivity contribution is -0.131. The second-order valence-electron chi connectivity index (χ2n) is 6.71. The molecular formula is C19H23NO5. The van der Waals surface area contributed by atoms with Crippen LogP contribution >= 0.6 is 0 Å². The molecule has 2 rings (SSSR count). The lowest BCUT2D eigenvalue weighted by atomic mass is 10.0. The van der Waals surface area contributed by atoms with Gasteiger partial charge < -0.3 is 14.6 Å². The third kappa shape index (κ3) is 4.28. The third-order valence-electron chi connectivity index (χ3n) is 3.54. The van der Waals surface area contributed by atoms with Crippen LogP contribution < -0.4 is 9.64 Å². The lowest BCUT2D eigenvalue weighted by Gasteiger charge is -2.26. The van der Waals surface area contributed by atoms with Crippen LogP contribution in [0.4, 0.5) is 10.5 Å². The van der Waals surface area contributed by atoms with E-state index in [4.69, 9.17) is 9.47 Å². The van der Waals surface area contributed by atoms with E-state index in [1.807, 2.05) is 12.1 Å². The van der Waals surface area contributed by atoms with Gasteiger partial charge in [0.25, 0.3) is 0 Å². The molecule has 0 aliphatic carbocycles. The summed E-state index contributed by atoms with van der Waals surface area (Å²) in [4.78, 5) is 25.2. The van der Waals surface area contributed by atoms with Gasteiger partial charge in [0, 0.05) is 31.0 Å². The molecule has 0 fully saturated rings. The number of ether oxygens (including phenoxy) is 2. The highest BCUT2D eigenvalue weighted by atomic mass is 16.6. The van der Waals surface area contributed by atoms with E-state index in [9.17, 15) is 14.7 Å². The monoisotopic (exact) mass is 345 g/mol. The van der Waals surface area contributed by atoms with Crippen molar-refractivity contribution < 1.29 is 24.2 Å². The Hall–Kier alpha value is -2.60. The number of nitrogens with zero attached hydrogens (tertiary/aromatic N) is 1. The van der Waals surface area contributed by atoms with E-state index in [1.54, 1.807) is 46.0 Å². The van der Waals surface area contributed by atoms with Crippen molar-refractivity contribution in [3.63, 3.8) is 0 Å². The standard InChI is InChI=1S/C19H23NO5/c1-12(22)24-17-10-16(20(5)18(23)25-19(2,3)4)15(11-21)13-8-6-7-9-14(13)17/h6-10,21H,11H2,1-5H3. The van der Waals surface area contributed by atoms with Gasteiger partial charge in [-0.1, -0.05) is 24.3 Å². The molecule has 0 heterocycles. The average molecular weight is 345 g/mol. The molecule has 0 saturated carbocycles. The summed E-state index contributed by atoms with van der Waals surface area (Å²) in [5.41, 5.74) is 0.326. The number of carbonyl (C=O) groups excluding carboxylic acids is 2. The van der Waals surface area contributed by atoms with Gasteiger partial charge in [0.1, 0.15) is 11.4 Å². The van der Waals surface area contributed by atoms with Crippen molar-refractivity contribution in [1.82, 2.24) is 0 Å². The number of aliphatic hydroxyl groups is 1. The summed E-state index contributed by atoms with van der Waals surface area (Å²) in [6.07, 6.45) is -0.564. The number of benzene rings is 2. The normalized spacial score (nSPS) is 11.3. The first-order valence-electron chi connectivity index (χ1n) is 7.94. The van der Waals surface area contributed by atoms with Crippen LogP contribution in [0.15, 0.2) is 30.3 Å². The Balaban J connectivity index is 2.62. The van der Waals surface area contributed by atoms with Crippen LogP contribution in [-0.4, -0.2) is 29.8 Å². The lowest BCUT2D eigenvalue weighted by Crippen LogP contribution is -2.34. The van der Waals surface area contributed by atoms with Gasteiger partial charge in [-0.15, -0.1) is 0 Å². The minimum atomic E-state index is -0.652. The van der Waals surface area contributed by atoms with E-state index in [-0.39, 0.29) is 6.61 Å². The maximum atomic E-state index is 12.4. The van der Waals surface area contributed by atoms with Crippen LogP contribution in [0.1, 0.15) is 33.3 Å². The number of hydrogen-bond acceptors (Lipinski definition) is 5. The molecule has 1 N–H and O–H groups in total. The van der Waals surface area contributed by atoms with E-state index in [1.165, 1.54) is 11.8 Å². The number of amides is 1. The van der Waals surface area contributed by atoms with E-state index >= 15 is 0 Å². The number of fused-ring (bicyclic) bond motifs is 1. The molecule has 0 spiro atoms. The molecule has 2 aromatic rings. The Kier molecular flexibility index (Phi) is 5.33. The van der Waals surface area contributed by atoms with Crippen molar-refractivity contribution in [2.75, 3.05) is 11.9 Å². The van der Waals surface area contributed by atoms with Gasteiger partial charge >= 0.3 is 12.1 Å². The molecule has 0 saturated heterocycles. The predicted molar refractivity (Wildman–Crippen MR) is 95.8 cm³/mol. The Labute approximate surface area is 147 Å². The molecule has 0 radical (unpaired) electrons. The smallest absolute Gasteiger partial charge is 0.414 e. The fourth-order valence-corrected chi connectivity index (χ4v) is 2.52. The van der Waals surface area contributed by atoms with Crippen LogP contribution in [0.2, 0.25) is 0 Å².